The molecule has 0 saturated heterocycles. The molecule has 0 radical (unpaired) electrons. The van der Waals surface area contributed by atoms with E-state index in [1.54, 1.807) is 6.92 Å². The number of ether oxygens (including phenoxy) is 1. The summed E-state index contributed by atoms with van der Waals surface area (Å²) in [6.07, 6.45) is 4.64. The van der Waals surface area contributed by atoms with Gasteiger partial charge in [0.15, 0.2) is 0 Å². The fourth-order valence-electron chi connectivity index (χ4n) is 2.83. The fourth-order valence-corrected chi connectivity index (χ4v) is 2.83. The second kappa shape index (κ2) is 6.76. The van der Waals surface area contributed by atoms with Crippen molar-refractivity contribution in [2.24, 2.45) is 11.8 Å². The summed E-state index contributed by atoms with van der Waals surface area (Å²) in [7, 11) is 1.39. The van der Waals surface area contributed by atoms with Gasteiger partial charge < -0.3 is 9.64 Å². The molecule has 3 unspecified atom stereocenters. The van der Waals surface area contributed by atoms with Crippen molar-refractivity contribution in [2.45, 2.75) is 52.5 Å². The molecular formula is C14H25NO3. The Balaban J connectivity index is 2.70. The van der Waals surface area contributed by atoms with Crippen molar-refractivity contribution in [3.63, 3.8) is 0 Å². The van der Waals surface area contributed by atoms with E-state index in [9.17, 15) is 9.59 Å². The molecule has 0 heterocycles. The predicted molar refractivity (Wildman–Crippen MR) is 70.0 cm³/mol. The molecule has 0 aromatic heterocycles. The van der Waals surface area contributed by atoms with Gasteiger partial charge in [-0.25, -0.2) is 0 Å². The number of carbonyl (C=O) groups is 2. The van der Waals surface area contributed by atoms with Crippen LogP contribution in [0.2, 0.25) is 0 Å². The highest BCUT2D eigenvalue weighted by atomic mass is 16.5. The van der Waals surface area contributed by atoms with Crippen LogP contribution in [0.3, 0.4) is 0 Å². The fraction of sp³-hybridized carbons (Fsp3) is 0.857. The van der Waals surface area contributed by atoms with Crippen molar-refractivity contribution in [1.82, 2.24) is 4.90 Å². The lowest BCUT2D eigenvalue weighted by Crippen LogP contribution is -2.47. The normalized spacial score (nSPS) is 25.3. The SMILES string of the molecule is COC(=O)C(C)CN(C(C)=O)C1CCCCC1C. The summed E-state index contributed by atoms with van der Waals surface area (Å²) >= 11 is 0. The summed E-state index contributed by atoms with van der Waals surface area (Å²) in [4.78, 5) is 25.1. The van der Waals surface area contributed by atoms with Crippen molar-refractivity contribution < 1.29 is 14.3 Å². The zero-order chi connectivity index (χ0) is 13.7. The van der Waals surface area contributed by atoms with E-state index in [0.717, 1.165) is 6.42 Å². The van der Waals surface area contributed by atoms with Crippen LogP contribution in [-0.4, -0.2) is 36.5 Å². The topological polar surface area (TPSA) is 46.6 Å². The molecule has 18 heavy (non-hydrogen) atoms. The van der Waals surface area contributed by atoms with Gasteiger partial charge in [-0.1, -0.05) is 26.7 Å². The van der Waals surface area contributed by atoms with Gasteiger partial charge in [0.05, 0.1) is 13.0 Å². The summed E-state index contributed by atoms with van der Waals surface area (Å²) in [6, 6.07) is 0.281. The third-order valence-corrected chi connectivity index (χ3v) is 3.95. The lowest BCUT2D eigenvalue weighted by molar-refractivity contribution is -0.147. The zero-order valence-electron chi connectivity index (χ0n) is 11.9. The Labute approximate surface area is 110 Å². The lowest BCUT2D eigenvalue weighted by atomic mass is 9.84. The Kier molecular flexibility index (Phi) is 5.63. The van der Waals surface area contributed by atoms with Gasteiger partial charge in [0.1, 0.15) is 0 Å². The number of rotatable bonds is 4. The number of esters is 1. The van der Waals surface area contributed by atoms with E-state index in [-0.39, 0.29) is 23.8 Å². The van der Waals surface area contributed by atoms with Gasteiger partial charge >= 0.3 is 5.97 Å². The minimum atomic E-state index is -0.256. The number of methoxy groups -OCH3 is 1. The van der Waals surface area contributed by atoms with Gasteiger partial charge in [0.25, 0.3) is 0 Å². The molecule has 3 atom stereocenters. The van der Waals surface area contributed by atoms with Crippen LogP contribution in [0.5, 0.6) is 0 Å². The van der Waals surface area contributed by atoms with E-state index >= 15 is 0 Å². The average Bonchev–Trinajstić information content (AvgIpc) is 2.35. The predicted octanol–water partition coefficient (Wildman–Crippen LogP) is 2.22. The molecule has 0 spiro atoms. The first-order valence-electron chi connectivity index (χ1n) is 6.82. The van der Waals surface area contributed by atoms with Crippen LogP contribution < -0.4 is 0 Å². The molecular weight excluding hydrogens is 230 g/mol. The molecule has 0 N–H and O–H groups in total. The van der Waals surface area contributed by atoms with Gasteiger partial charge in [-0.3, -0.25) is 9.59 Å². The molecule has 1 aliphatic rings. The highest BCUT2D eigenvalue weighted by molar-refractivity contribution is 5.76. The molecule has 0 aliphatic heterocycles. The van der Waals surface area contributed by atoms with Crippen LogP contribution in [0.15, 0.2) is 0 Å². The number of carbonyl (C=O) groups excluding carboxylic acids is 2. The Hall–Kier alpha value is -1.06. The van der Waals surface area contributed by atoms with Crippen molar-refractivity contribution in [1.29, 1.82) is 0 Å². The van der Waals surface area contributed by atoms with Crippen LogP contribution in [0.1, 0.15) is 46.5 Å². The smallest absolute Gasteiger partial charge is 0.310 e. The third kappa shape index (κ3) is 3.72. The maximum atomic E-state index is 11.8. The largest absolute Gasteiger partial charge is 0.469 e. The standard InChI is InChI=1S/C14H25NO3/c1-10-7-5-6-8-13(10)15(12(3)16)9-11(2)14(17)18-4/h10-11,13H,5-9H2,1-4H3. The Morgan fingerprint density at radius 3 is 2.44 bits per heavy atom. The van der Waals surface area contributed by atoms with Crippen LogP contribution >= 0.6 is 0 Å². The minimum Gasteiger partial charge on any atom is -0.469 e. The average molecular weight is 255 g/mol. The first kappa shape index (κ1) is 15.0. The van der Waals surface area contributed by atoms with Crippen LogP contribution in [0.4, 0.5) is 0 Å². The highest BCUT2D eigenvalue weighted by Gasteiger charge is 2.31. The molecule has 4 heteroatoms. The molecule has 1 aliphatic carbocycles. The molecule has 1 fully saturated rings. The van der Waals surface area contributed by atoms with Crippen molar-refractivity contribution in [3.8, 4) is 0 Å². The van der Waals surface area contributed by atoms with Crippen LogP contribution in [0, 0.1) is 11.8 Å². The van der Waals surface area contributed by atoms with Crippen molar-refractivity contribution >= 4 is 11.9 Å². The van der Waals surface area contributed by atoms with Crippen molar-refractivity contribution in [2.75, 3.05) is 13.7 Å². The first-order chi connectivity index (χ1) is 8.47. The second-order valence-electron chi connectivity index (χ2n) is 5.42. The van der Waals surface area contributed by atoms with E-state index in [1.807, 2.05) is 11.8 Å². The van der Waals surface area contributed by atoms with E-state index in [0.29, 0.717) is 12.5 Å². The van der Waals surface area contributed by atoms with E-state index in [4.69, 9.17) is 4.74 Å². The van der Waals surface area contributed by atoms with Gasteiger partial charge in [0.2, 0.25) is 5.91 Å². The zero-order valence-corrected chi connectivity index (χ0v) is 11.9. The maximum Gasteiger partial charge on any atom is 0.310 e. The number of hydrogen-bond acceptors (Lipinski definition) is 3. The van der Waals surface area contributed by atoms with E-state index in [2.05, 4.69) is 6.92 Å². The number of nitrogens with zero attached hydrogens (tertiary/aromatic N) is 1. The molecule has 0 bridgehead atoms. The quantitative estimate of drug-likeness (QED) is 0.724. The summed E-state index contributed by atoms with van der Waals surface area (Å²) < 4.78 is 4.73. The molecule has 4 nitrogen and oxygen atoms in total. The van der Waals surface area contributed by atoms with Gasteiger partial charge in [0, 0.05) is 19.5 Å². The minimum absolute atomic E-state index is 0.0597. The molecule has 1 rings (SSSR count). The van der Waals surface area contributed by atoms with Gasteiger partial charge in [-0.05, 0) is 18.8 Å². The lowest BCUT2D eigenvalue weighted by Gasteiger charge is -2.39. The summed E-state index contributed by atoms with van der Waals surface area (Å²) in [5, 5.41) is 0. The van der Waals surface area contributed by atoms with Crippen LogP contribution in [-0.2, 0) is 14.3 Å². The number of amides is 1. The monoisotopic (exact) mass is 255 g/mol. The van der Waals surface area contributed by atoms with E-state index in [1.165, 1.54) is 26.4 Å². The maximum absolute atomic E-state index is 11.8. The molecule has 1 amide bonds. The summed E-state index contributed by atoms with van der Waals surface area (Å²) in [6.45, 7) is 6.07. The van der Waals surface area contributed by atoms with Gasteiger partial charge in [-0.15, -0.1) is 0 Å². The molecule has 104 valence electrons. The Morgan fingerprint density at radius 2 is 1.94 bits per heavy atom. The highest BCUT2D eigenvalue weighted by Crippen LogP contribution is 2.28. The van der Waals surface area contributed by atoms with Crippen LogP contribution in [0.25, 0.3) is 0 Å². The molecule has 1 saturated carbocycles. The third-order valence-electron chi connectivity index (χ3n) is 3.95. The molecule has 0 aromatic rings. The van der Waals surface area contributed by atoms with Crippen molar-refractivity contribution in [3.05, 3.63) is 0 Å². The second-order valence-corrected chi connectivity index (χ2v) is 5.42. The van der Waals surface area contributed by atoms with Gasteiger partial charge in [-0.2, -0.15) is 0 Å². The Morgan fingerprint density at radius 1 is 1.33 bits per heavy atom. The van der Waals surface area contributed by atoms with E-state index < -0.39 is 0 Å². The first-order valence-corrected chi connectivity index (χ1v) is 6.82. The summed E-state index contributed by atoms with van der Waals surface area (Å²) in [5.74, 6) is 0.0785. The number of hydrogen-bond donors (Lipinski definition) is 0. The molecule has 0 aromatic carbocycles. The summed E-state index contributed by atoms with van der Waals surface area (Å²) in [5.41, 5.74) is 0. The Bertz CT molecular complexity index is 303.